The highest BCUT2D eigenvalue weighted by Crippen LogP contribution is 2.33. The highest BCUT2D eigenvalue weighted by molar-refractivity contribution is 5.49. The minimum absolute atomic E-state index is 0.0883. The molecule has 0 amide bonds. The minimum Gasteiger partial charge on any atom is -0.494 e. The molecule has 0 radical (unpaired) electrons. The van der Waals surface area contributed by atoms with Gasteiger partial charge in [0.2, 0.25) is 5.82 Å². The molecule has 0 spiro atoms. The van der Waals surface area contributed by atoms with Gasteiger partial charge >= 0.3 is 0 Å². The minimum atomic E-state index is -0.949. The van der Waals surface area contributed by atoms with Crippen LogP contribution in [-0.2, 0) is 16.1 Å². The predicted octanol–water partition coefficient (Wildman–Crippen LogP) is 5.44. The molecule has 0 aliphatic carbocycles. The van der Waals surface area contributed by atoms with Crippen molar-refractivity contribution < 1.29 is 23.0 Å². The second-order valence-corrected chi connectivity index (χ2v) is 6.57. The normalized spacial score (nSPS) is 20.1. The van der Waals surface area contributed by atoms with E-state index < -0.39 is 11.6 Å². The molecule has 27 heavy (non-hydrogen) atoms. The number of allylic oxidation sites excluding steroid dienone is 1. The van der Waals surface area contributed by atoms with Crippen LogP contribution in [0.5, 0.6) is 5.75 Å². The molecule has 1 heterocycles. The van der Waals surface area contributed by atoms with Crippen molar-refractivity contribution in [3.8, 4) is 5.75 Å². The second-order valence-electron chi connectivity index (χ2n) is 6.57. The summed E-state index contributed by atoms with van der Waals surface area (Å²) in [5.74, 6) is -2.08. The van der Waals surface area contributed by atoms with E-state index in [2.05, 4.69) is 0 Å². The zero-order chi connectivity index (χ0) is 19.2. The summed E-state index contributed by atoms with van der Waals surface area (Å²) in [6.45, 7) is 2.74. The fraction of sp³-hybridized carbons (Fsp3) is 0.364. The van der Waals surface area contributed by atoms with Crippen LogP contribution < -0.4 is 4.74 Å². The number of hydrogen-bond donors (Lipinski definition) is 0. The number of methoxy groups -OCH3 is 1. The lowest BCUT2D eigenvalue weighted by Crippen LogP contribution is -2.27. The summed E-state index contributed by atoms with van der Waals surface area (Å²) in [6.07, 6.45) is 5.01. The van der Waals surface area contributed by atoms with Crippen LogP contribution in [0.25, 0.3) is 6.08 Å². The van der Waals surface area contributed by atoms with Crippen molar-refractivity contribution in [3.05, 3.63) is 70.8 Å². The molecule has 2 atom stereocenters. The number of hydrogen-bond acceptors (Lipinski definition) is 3. The summed E-state index contributed by atoms with van der Waals surface area (Å²) in [7, 11) is 1.32. The molecule has 144 valence electrons. The third-order valence-electron chi connectivity index (χ3n) is 4.75. The lowest BCUT2D eigenvalue weighted by molar-refractivity contribution is -0.173. The smallest absolute Gasteiger partial charge is 0.200 e. The molecular formula is C22H24F2O3. The number of benzene rings is 2. The first-order valence-electron chi connectivity index (χ1n) is 9.09. The summed E-state index contributed by atoms with van der Waals surface area (Å²) in [6, 6.07) is 11.1. The first-order valence-corrected chi connectivity index (χ1v) is 9.09. The van der Waals surface area contributed by atoms with E-state index in [1.54, 1.807) is 6.07 Å². The van der Waals surface area contributed by atoms with Gasteiger partial charge in [-0.3, -0.25) is 0 Å². The van der Waals surface area contributed by atoms with E-state index in [1.165, 1.54) is 13.2 Å². The Morgan fingerprint density at radius 1 is 1.07 bits per heavy atom. The second kappa shape index (κ2) is 9.11. The van der Waals surface area contributed by atoms with Gasteiger partial charge < -0.3 is 14.2 Å². The SMILES string of the molecule is CC=Cc1ccc(COC2CCC(c3ccc(OC)c(F)c3F)CO2)cc1. The first-order chi connectivity index (χ1) is 13.1. The van der Waals surface area contributed by atoms with Gasteiger partial charge in [0.05, 0.1) is 20.3 Å². The van der Waals surface area contributed by atoms with Crippen molar-refractivity contribution in [2.45, 2.75) is 38.6 Å². The lowest BCUT2D eigenvalue weighted by Gasteiger charge is -2.29. The average Bonchev–Trinajstić information content (AvgIpc) is 2.70. The van der Waals surface area contributed by atoms with Gasteiger partial charge in [-0.05, 0) is 42.5 Å². The van der Waals surface area contributed by atoms with Crippen LogP contribution in [0.3, 0.4) is 0 Å². The summed E-state index contributed by atoms with van der Waals surface area (Å²) in [4.78, 5) is 0. The quantitative estimate of drug-likeness (QED) is 0.673. The van der Waals surface area contributed by atoms with E-state index in [1.807, 2.05) is 43.3 Å². The zero-order valence-corrected chi connectivity index (χ0v) is 15.6. The van der Waals surface area contributed by atoms with E-state index >= 15 is 0 Å². The monoisotopic (exact) mass is 374 g/mol. The van der Waals surface area contributed by atoms with Gasteiger partial charge in [-0.25, -0.2) is 4.39 Å². The topological polar surface area (TPSA) is 27.7 Å². The molecule has 3 nitrogen and oxygen atoms in total. The third-order valence-corrected chi connectivity index (χ3v) is 4.75. The maximum Gasteiger partial charge on any atom is 0.200 e. The Morgan fingerprint density at radius 3 is 2.48 bits per heavy atom. The van der Waals surface area contributed by atoms with Crippen LogP contribution in [0.1, 0.15) is 42.4 Å². The summed E-state index contributed by atoms with van der Waals surface area (Å²) >= 11 is 0. The van der Waals surface area contributed by atoms with Crippen molar-refractivity contribution in [2.75, 3.05) is 13.7 Å². The molecule has 5 heteroatoms. The molecule has 0 saturated carbocycles. The molecule has 1 aliphatic heterocycles. The lowest BCUT2D eigenvalue weighted by atomic mass is 9.92. The Balaban J connectivity index is 1.52. The third kappa shape index (κ3) is 4.73. The van der Waals surface area contributed by atoms with E-state index in [-0.39, 0.29) is 18.0 Å². The maximum atomic E-state index is 14.2. The Labute approximate surface area is 158 Å². The zero-order valence-electron chi connectivity index (χ0n) is 15.6. The van der Waals surface area contributed by atoms with Crippen LogP contribution in [0, 0.1) is 11.6 Å². The van der Waals surface area contributed by atoms with Crippen molar-refractivity contribution >= 4 is 6.08 Å². The van der Waals surface area contributed by atoms with Crippen molar-refractivity contribution in [1.82, 2.24) is 0 Å². The number of halogens is 2. The summed E-state index contributed by atoms with van der Waals surface area (Å²) < 4.78 is 44.5. The molecule has 2 aromatic carbocycles. The Bertz CT molecular complexity index is 779. The Morgan fingerprint density at radius 2 is 1.85 bits per heavy atom. The summed E-state index contributed by atoms with van der Waals surface area (Å²) in [5, 5.41) is 0. The molecule has 3 rings (SSSR count). The molecule has 2 aromatic rings. The van der Waals surface area contributed by atoms with Gasteiger partial charge in [-0.1, -0.05) is 42.5 Å². The molecule has 1 saturated heterocycles. The summed E-state index contributed by atoms with van der Waals surface area (Å²) in [5.41, 5.74) is 2.54. The van der Waals surface area contributed by atoms with Gasteiger partial charge in [0.1, 0.15) is 0 Å². The first kappa shape index (κ1) is 19.5. The number of ether oxygens (including phenoxy) is 3. The standard InChI is InChI=1S/C22H24F2O3/c1-3-4-15-5-7-16(8-6-15)13-26-20-12-9-17(14-27-20)18-10-11-19(25-2)22(24)21(18)23/h3-8,10-11,17,20H,9,12-14H2,1-2H3. The predicted molar refractivity (Wildman–Crippen MR) is 101 cm³/mol. The van der Waals surface area contributed by atoms with E-state index in [0.717, 1.165) is 11.1 Å². The largest absolute Gasteiger partial charge is 0.494 e. The van der Waals surface area contributed by atoms with Gasteiger partial charge in [-0.15, -0.1) is 0 Å². The molecule has 0 bridgehead atoms. The molecule has 0 aromatic heterocycles. The Hall–Kier alpha value is -2.24. The Kier molecular flexibility index (Phi) is 6.58. The van der Waals surface area contributed by atoms with Crippen molar-refractivity contribution in [1.29, 1.82) is 0 Å². The molecule has 2 unspecified atom stereocenters. The van der Waals surface area contributed by atoms with Crippen LogP contribution in [0.15, 0.2) is 42.5 Å². The van der Waals surface area contributed by atoms with E-state index in [4.69, 9.17) is 14.2 Å². The van der Waals surface area contributed by atoms with Gasteiger partial charge in [0.25, 0.3) is 0 Å². The molecule has 0 N–H and O–H groups in total. The van der Waals surface area contributed by atoms with Crippen molar-refractivity contribution in [2.24, 2.45) is 0 Å². The highest BCUT2D eigenvalue weighted by atomic mass is 19.2. The number of rotatable bonds is 6. The molecule has 1 fully saturated rings. The van der Waals surface area contributed by atoms with Crippen LogP contribution >= 0.6 is 0 Å². The highest BCUT2D eigenvalue weighted by Gasteiger charge is 2.27. The fourth-order valence-electron chi connectivity index (χ4n) is 3.23. The van der Waals surface area contributed by atoms with E-state index in [9.17, 15) is 8.78 Å². The molecular weight excluding hydrogens is 350 g/mol. The average molecular weight is 374 g/mol. The molecule has 1 aliphatic rings. The van der Waals surface area contributed by atoms with Crippen LogP contribution in [0.4, 0.5) is 8.78 Å². The fourth-order valence-corrected chi connectivity index (χ4v) is 3.23. The maximum absolute atomic E-state index is 14.2. The van der Waals surface area contributed by atoms with Gasteiger partial charge in [0, 0.05) is 5.92 Å². The van der Waals surface area contributed by atoms with Crippen LogP contribution in [0.2, 0.25) is 0 Å². The van der Waals surface area contributed by atoms with Crippen LogP contribution in [-0.4, -0.2) is 20.0 Å². The van der Waals surface area contributed by atoms with Crippen molar-refractivity contribution in [3.63, 3.8) is 0 Å². The van der Waals surface area contributed by atoms with Gasteiger partial charge in [0.15, 0.2) is 17.9 Å². The van der Waals surface area contributed by atoms with Gasteiger partial charge in [-0.2, -0.15) is 4.39 Å². The van der Waals surface area contributed by atoms with E-state index in [0.29, 0.717) is 31.6 Å².